The quantitative estimate of drug-likeness (QED) is 0.297. The molecule has 0 aliphatic rings. The fraction of sp³-hybridized carbons (Fsp3) is 0.222. The Morgan fingerprint density at radius 2 is 1.53 bits per heavy atom. The SMILES string of the molecule is CC(C)C(NC(=O)c1ccccc1Cl)C(=O)OC(C(=O)Nc1ccc(Cl)cc1C(F)(F)F)c1ccccc1. The van der Waals surface area contributed by atoms with Gasteiger partial charge in [0.1, 0.15) is 6.04 Å². The molecule has 0 fully saturated rings. The summed E-state index contributed by atoms with van der Waals surface area (Å²) in [6.07, 6.45) is -6.43. The van der Waals surface area contributed by atoms with Crippen molar-refractivity contribution < 1.29 is 32.3 Å². The summed E-state index contributed by atoms with van der Waals surface area (Å²) in [5.74, 6) is -3.10. The smallest absolute Gasteiger partial charge is 0.418 e. The molecule has 0 heterocycles. The van der Waals surface area contributed by atoms with Crippen LogP contribution in [0.5, 0.6) is 0 Å². The zero-order valence-corrected chi connectivity index (χ0v) is 21.7. The fourth-order valence-electron chi connectivity index (χ4n) is 3.51. The van der Waals surface area contributed by atoms with Gasteiger partial charge < -0.3 is 15.4 Å². The van der Waals surface area contributed by atoms with Crippen LogP contribution in [0.2, 0.25) is 10.0 Å². The summed E-state index contributed by atoms with van der Waals surface area (Å²) in [5, 5.41) is 4.75. The number of halogens is 5. The largest absolute Gasteiger partial charge is 0.446 e. The third-order valence-electron chi connectivity index (χ3n) is 5.45. The van der Waals surface area contributed by atoms with Crippen LogP contribution < -0.4 is 10.6 Å². The van der Waals surface area contributed by atoms with Crippen LogP contribution in [0.1, 0.15) is 41.4 Å². The first-order chi connectivity index (χ1) is 17.9. The van der Waals surface area contributed by atoms with Crippen molar-refractivity contribution in [3.8, 4) is 0 Å². The topological polar surface area (TPSA) is 84.5 Å². The van der Waals surface area contributed by atoms with Crippen LogP contribution in [0.25, 0.3) is 0 Å². The Morgan fingerprint density at radius 3 is 2.13 bits per heavy atom. The molecule has 2 N–H and O–H groups in total. The molecule has 3 aromatic carbocycles. The number of hydrogen-bond donors (Lipinski definition) is 2. The third-order valence-corrected chi connectivity index (χ3v) is 6.01. The minimum absolute atomic E-state index is 0.132. The van der Waals surface area contributed by atoms with Gasteiger partial charge in [0.15, 0.2) is 0 Å². The molecule has 0 spiro atoms. The number of esters is 1. The zero-order valence-electron chi connectivity index (χ0n) is 20.2. The Labute approximate surface area is 227 Å². The number of ether oxygens (including phenoxy) is 1. The molecule has 3 rings (SSSR count). The van der Waals surface area contributed by atoms with Crippen molar-refractivity contribution in [3.63, 3.8) is 0 Å². The minimum Gasteiger partial charge on any atom is -0.446 e. The van der Waals surface area contributed by atoms with Gasteiger partial charge in [0.2, 0.25) is 6.10 Å². The number of benzene rings is 3. The summed E-state index contributed by atoms with van der Waals surface area (Å²) in [7, 11) is 0. The van der Waals surface area contributed by atoms with Crippen LogP contribution in [0.15, 0.2) is 72.8 Å². The first kappa shape index (κ1) is 29.0. The van der Waals surface area contributed by atoms with Gasteiger partial charge in [0, 0.05) is 10.6 Å². The van der Waals surface area contributed by atoms with Crippen molar-refractivity contribution in [2.24, 2.45) is 5.92 Å². The molecule has 0 bridgehead atoms. The monoisotopic (exact) mass is 566 g/mol. The van der Waals surface area contributed by atoms with Gasteiger partial charge in [0.05, 0.1) is 21.8 Å². The molecule has 38 heavy (non-hydrogen) atoms. The number of carbonyl (C=O) groups is 3. The van der Waals surface area contributed by atoms with Crippen LogP contribution in [-0.4, -0.2) is 23.8 Å². The minimum atomic E-state index is -4.81. The molecule has 2 amide bonds. The molecule has 3 aromatic rings. The second-order valence-electron chi connectivity index (χ2n) is 8.58. The van der Waals surface area contributed by atoms with Crippen molar-refractivity contribution in [2.75, 3.05) is 5.32 Å². The Morgan fingerprint density at radius 1 is 0.895 bits per heavy atom. The Hall–Kier alpha value is -3.56. The second-order valence-corrected chi connectivity index (χ2v) is 9.42. The lowest BCUT2D eigenvalue weighted by Gasteiger charge is -2.25. The highest BCUT2D eigenvalue weighted by Crippen LogP contribution is 2.37. The van der Waals surface area contributed by atoms with Gasteiger partial charge >= 0.3 is 12.1 Å². The van der Waals surface area contributed by atoms with E-state index in [4.69, 9.17) is 27.9 Å². The Bertz CT molecular complexity index is 1320. The van der Waals surface area contributed by atoms with Gasteiger partial charge in [-0.25, -0.2) is 4.79 Å². The maximum Gasteiger partial charge on any atom is 0.418 e. The van der Waals surface area contributed by atoms with Crippen molar-refractivity contribution in [1.29, 1.82) is 0 Å². The molecule has 2 unspecified atom stereocenters. The molecule has 11 heteroatoms. The summed E-state index contributed by atoms with van der Waals surface area (Å²) in [5.41, 5.74) is -1.38. The van der Waals surface area contributed by atoms with E-state index in [1.165, 1.54) is 30.3 Å². The molecule has 0 aliphatic heterocycles. The molecule has 0 aliphatic carbocycles. The average molecular weight is 567 g/mol. The first-order valence-corrected chi connectivity index (χ1v) is 12.1. The Kier molecular flexibility index (Phi) is 9.40. The molecule has 200 valence electrons. The van der Waals surface area contributed by atoms with E-state index in [1.807, 2.05) is 0 Å². The maximum atomic E-state index is 13.6. The summed E-state index contributed by atoms with van der Waals surface area (Å²) < 4.78 is 46.2. The van der Waals surface area contributed by atoms with E-state index < -0.39 is 53.3 Å². The van der Waals surface area contributed by atoms with Crippen molar-refractivity contribution in [1.82, 2.24) is 5.32 Å². The first-order valence-electron chi connectivity index (χ1n) is 11.4. The van der Waals surface area contributed by atoms with Crippen molar-refractivity contribution in [3.05, 3.63) is 99.5 Å². The summed E-state index contributed by atoms with van der Waals surface area (Å²) in [4.78, 5) is 39.2. The van der Waals surface area contributed by atoms with Gasteiger partial charge in [-0.05, 0) is 36.2 Å². The van der Waals surface area contributed by atoms with E-state index in [0.29, 0.717) is 6.07 Å². The number of hydrogen-bond acceptors (Lipinski definition) is 4. The van der Waals surface area contributed by atoms with E-state index in [0.717, 1.165) is 6.07 Å². The van der Waals surface area contributed by atoms with Crippen molar-refractivity contribution in [2.45, 2.75) is 32.2 Å². The average Bonchev–Trinajstić information content (AvgIpc) is 2.86. The van der Waals surface area contributed by atoms with Gasteiger partial charge in [0.25, 0.3) is 11.8 Å². The van der Waals surface area contributed by atoms with Gasteiger partial charge in [-0.1, -0.05) is 79.5 Å². The predicted octanol–water partition coefficient (Wildman–Crippen LogP) is 6.69. The highest BCUT2D eigenvalue weighted by atomic mass is 35.5. The highest BCUT2D eigenvalue weighted by molar-refractivity contribution is 6.33. The van der Waals surface area contributed by atoms with Crippen molar-refractivity contribution >= 4 is 46.7 Å². The summed E-state index contributed by atoms with van der Waals surface area (Å²) >= 11 is 11.8. The summed E-state index contributed by atoms with van der Waals surface area (Å²) in [6, 6.07) is 15.7. The molecule has 0 saturated carbocycles. The van der Waals surface area contributed by atoms with E-state index in [-0.39, 0.29) is 21.2 Å². The van der Waals surface area contributed by atoms with E-state index in [2.05, 4.69) is 10.6 Å². The van der Waals surface area contributed by atoms with Crippen LogP contribution >= 0.6 is 23.2 Å². The number of alkyl halides is 3. The maximum absolute atomic E-state index is 13.6. The lowest BCUT2D eigenvalue weighted by Crippen LogP contribution is -2.46. The van der Waals surface area contributed by atoms with Crippen LogP contribution in [0, 0.1) is 5.92 Å². The van der Waals surface area contributed by atoms with Gasteiger partial charge in [-0.3, -0.25) is 9.59 Å². The van der Waals surface area contributed by atoms with E-state index >= 15 is 0 Å². The molecule has 0 radical (unpaired) electrons. The number of amides is 2. The molecule has 0 aromatic heterocycles. The molecule has 6 nitrogen and oxygen atoms in total. The molecular weight excluding hydrogens is 544 g/mol. The van der Waals surface area contributed by atoms with Gasteiger partial charge in [-0.2, -0.15) is 13.2 Å². The van der Waals surface area contributed by atoms with E-state index in [1.54, 1.807) is 44.2 Å². The predicted molar refractivity (Wildman–Crippen MR) is 138 cm³/mol. The standard InChI is InChI=1S/C27H23Cl2F3N2O4/c1-15(2)22(34-24(35)18-10-6-7-11-20(18)29)26(37)38-23(16-8-4-3-5-9-16)25(36)33-21-13-12-17(28)14-19(21)27(30,31)32/h3-15,22-23H,1-2H3,(H,33,36)(H,34,35). The van der Waals surface area contributed by atoms with Crippen LogP contribution in [-0.2, 0) is 20.5 Å². The Balaban J connectivity index is 1.89. The van der Waals surface area contributed by atoms with Crippen LogP contribution in [0.3, 0.4) is 0 Å². The van der Waals surface area contributed by atoms with Crippen LogP contribution in [0.4, 0.5) is 18.9 Å². The fourth-order valence-corrected chi connectivity index (χ4v) is 3.90. The number of nitrogens with one attached hydrogen (secondary N) is 2. The molecule has 2 atom stereocenters. The molecule has 0 saturated heterocycles. The second kappa shape index (κ2) is 12.3. The number of rotatable bonds is 8. The number of anilines is 1. The zero-order chi connectivity index (χ0) is 28.0. The highest BCUT2D eigenvalue weighted by Gasteiger charge is 2.36. The third kappa shape index (κ3) is 7.26. The summed E-state index contributed by atoms with van der Waals surface area (Å²) in [6.45, 7) is 3.31. The molecular formula is C27H23Cl2F3N2O4. The number of carbonyl (C=O) groups excluding carboxylic acids is 3. The van der Waals surface area contributed by atoms with Gasteiger partial charge in [-0.15, -0.1) is 0 Å². The lowest BCUT2D eigenvalue weighted by atomic mass is 10.0. The van der Waals surface area contributed by atoms with E-state index in [9.17, 15) is 27.6 Å². The lowest BCUT2D eigenvalue weighted by molar-refractivity contribution is -0.157. The normalized spacial score (nSPS) is 12.9.